The summed E-state index contributed by atoms with van der Waals surface area (Å²) in [6.45, 7) is 4.39. The quantitative estimate of drug-likeness (QED) is 0.903. The van der Waals surface area contributed by atoms with E-state index in [1.54, 1.807) is 12.1 Å². The van der Waals surface area contributed by atoms with E-state index in [0.717, 1.165) is 11.1 Å². The zero-order valence-corrected chi connectivity index (χ0v) is 11.2. The smallest absolute Gasteiger partial charge is 0.131 e. The molecule has 1 unspecified atom stereocenters. The predicted octanol–water partition coefficient (Wildman–Crippen LogP) is 3.91. The van der Waals surface area contributed by atoms with E-state index in [4.69, 9.17) is 10.5 Å². The minimum absolute atomic E-state index is 0.0198. The van der Waals surface area contributed by atoms with Crippen molar-refractivity contribution < 1.29 is 9.13 Å². The molecule has 0 aromatic heterocycles. The maximum Gasteiger partial charge on any atom is 0.131 e. The molecule has 0 aliphatic heterocycles. The fraction of sp³-hybridized carbons (Fsp3) is 0.250. The van der Waals surface area contributed by atoms with Crippen molar-refractivity contribution in [2.24, 2.45) is 5.73 Å². The van der Waals surface area contributed by atoms with Crippen molar-refractivity contribution in [2.45, 2.75) is 19.9 Å². The number of ether oxygens (including phenoxy) is 1. The maximum absolute atomic E-state index is 13.9. The Hall–Kier alpha value is -1.87. The second-order valence-electron chi connectivity index (χ2n) is 4.49. The average Bonchev–Trinajstić information content (AvgIpc) is 2.41. The van der Waals surface area contributed by atoms with Crippen molar-refractivity contribution in [1.29, 1.82) is 0 Å². The van der Waals surface area contributed by atoms with Crippen LogP contribution in [0.3, 0.4) is 0 Å². The molecule has 2 rings (SSSR count). The van der Waals surface area contributed by atoms with Gasteiger partial charge in [-0.3, -0.25) is 0 Å². The summed E-state index contributed by atoms with van der Waals surface area (Å²) in [4.78, 5) is 0. The van der Waals surface area contributed by atoms with Crippen LogP contribution >= 0.6 is 0 Å². The molecule has 0 fully saturated rings. The highest BCUT2D eigenvalue weighted by atomic mass is 19.1. The first-order valence-electron chi connectivity index (χ1n) is 6.40. The van der Waals surface area contributed by atoms with E-state index in [-0.39, 0.29) is 11.9 Å². The molecular weight excluding hydrogens is 241 g/mol. The van der Waals surface area contributed by atoms with Gasteiger partial charge in [0.15, 0.2) is 0 Å². The van der Waals surface area contributed by atoms with Crippen LogP contribution in [0.15, 0.2) is 42.5 Å². The van der Waals surface area contributed by atoms with Crippen molar-refractivity contribution in [2.75, 3.05) is 6.61 Å². The number of benzene rings is 2. The van der Waals surface area contributed by atoms with Gasteiger partial charge < -0.3 is 10.5 Å². The van der Waals surface area contributed by atoms with Crippen molar-refractivity contribution >= 4 is 0 Å². The summed E-state index contributed by atoms with van der Waals surface area (Å²) in [5.41, 5.74) is 8.20. The number of halogens is 1. The highest BCUT2D eigenvalue weighted by Gasteiger charge is 2.08. The normalized spacial score (nSPS) is 12.2. The molecule has 0 spiro atoms. The topological polar surface area (TPSA) is 35.2 Å². The van der Waals surface area contributed by atoms with Gasteiger partial charge in [-0.15, -0.1) is 0 Å². The highest BCUT2D eigenvalue weighted by Crippen LogP contribution is 2.28. The Balaban J connectivity index is 2.37. The maximum atomic E-state index is 13.9. The largest absolute Gasteiger partial charge is 0.494 e. The van der Waals surface area contributed by atoms with E-state index in [1.807, 2.05) is 38.1 Å². The van der Waals surface area contributed by atoms with E-state index >= 15 is 0 Å². The van der Waals surface area contributed by atoms with Crippen LogP contribution in [-0.2, 0) is 0 Å². The summed E-state index contributed by atoms with van der Waals surface area (Å²) in [5.74, 6) is 0.423. The Morgan fingerprint density at radius 3 is 2.42 bits per heavy atom. The van der Waals surface area contributed by atoms with Gasteiger partial charge in [0.25, 0.3) is 0 Å². The van der Waals surface area contributed by atoms with Crippen molar-refractivity contribution in [1.82, 2.24) is 0 Å². The van der Waals surface area contributed by atoms with E-state index in [0.29, 0.717) is 17.9 Å². The molecule has 0 bridgehead atoms. The van der Waals surface area contributed by atoms with E-state index in [9.17, 15) is 4.39 Å². The standard InChI is InChI=1S/C16H18FNO/c1-3-19-14-8-9-16(17)15(10-14)13-6-4-12(5-7-13)11(2)18/h4-11H,3,18H2,1-2H3. The predicted molar refractivity (Wildman–Crippen MR) is 75.6 cm³/mol. The third kappa shape index (κ3) is 3.12. The second-order valence-corrected chi connectivity index (χ2v) is 4.49. The van der Waals surface area contributed by atoms with Gasteiger partial charge in [0.2, 0.25) is 0 Å². The molecule has 100 valence electrons. The number of nitrogens with two attached hydrogens (primary N) is 1. The van der Waals surface area contributed by atoms with Crippen molar-refractivity contribution in [3.63, 3.8) is 0 Å². The monoisotopic (exact) mass is 259 g/mol. The Kier molecular flexibility index (Phi) is 4.17. The molecule has 0 aliphatic carbocycles. The van der Waals surface area contributed by atoms with Crippen molar-refractivity contribution in [3.05, 3.63) is 53.8 Å². The van der Waals surface area contributed by atoms with Crippen LogP contribution in [0.4, 0.5) is 4.39 Å². The van der Waals surface area contributed by atoms with Gasteiger partial charge in [0, 0.05) is 11.6 Å². The molecule has 3 heteroatoms. The number of hydrogen-bond donors (Lipinski definition) is 1. The molecule has 2 aromatic carbocycles. The lowest BCUT2D eigenvalue weighted by atomic mass is 10.0. The zero-order valence-electron chi connectivity index (χ0n) is 11.2. The molecule has 0 saturated heterocycles. The Bertz CT molecular complexity index is 549. The summed E-state index contributed by atoms with van der Waals surface area (Å²) in [6, 6.07) is 12.4. The van der Waals surface area contributed by atoms with Crippen LogP contribution in [0, 0.1) is 5.82 Å². The van der Waals surface area contributed by atoms with E-state index in [2.05, 4.69) is 0 Å². The van der Waals surface area contributed by atoms with Crippen LogP contribution in [0.25, 0.3) is 11.1 Å². The van der Waals surface area contributed by atoms with Gasteiger partial charge in [-0.2, -0.15) is 0 Å². The lowest BCUT2D eigenvalue weighted by Crippen LogP contribution is -2.04. The molecule has 0 amide bonds. The Labute approximate surface area is 113 Å². The fourth-order valence-corrected chi connectivity index (χ4v) is 1.95. The summed E-state index contributed by atoms with van der Waals surface area (Å²) in [5, 5.41) is 0. The average molecular weight is 259 g/mol. The van der Waals surface area contributed by atoms with Gasteiger partial charge in [0.05, 0.1) is 6.61 Å². The number of rotatable bonds is 4. The van der Waals surface area contributed by atoms with Gasteiger partial charge in [-0.1, -0.05) is 24.3 Å². The first-order valence-corrected chi connectivity index (χ1v) is 6.40. The third-order valence-corrected chi connectivity index (χ3v) is 3.00. The van der Waals surface area contributed by atoms with Gasteiger partial charge >= 0.3 is 0 Å². The van der Waals surface area contributed by atoms with Crippen molar-refractivity contribution in [3.8, 4) is 16.9 Å². The Morgan fingerprint density at radius 1 is 1.16 bits per heavy atom. The zero-order chi connectivity index (χ0) is 13.8. The summed E-state index contributed by atoms with van der Waals surface area (Å²) in [7, 11) is 0. The first-order chi connectivity index (χ1) is 9.11. The lowest BCUT2D eigenvalue weighted by Gasteiger charge is -2.10. The van der Waals surface area contributed by atoms with E-state index in [1.165, 1.54) is 6.07 Å². The first kappa shape index (κ1) is 13.6. The SMILES string of the molecule is CCOc1ccc(F)c(-c2ccc(C(C)N)cc2)c1. The molecule has 0 aliphatic rings. The van der Waals surface area contributed by atoms with Gasteiger partial charge in [-0.05, 0) is 43.2 Å². The summed E-state index contributed by atoms with van der Waals surface area (Å²) < 4.78 is 19.3. The van der Waals surface area contributed by atoms with Crippen LogP contribution < -0.4 is 10.5 Å². The van der Waals surface area contributed by atoms with Gasteiger partial charge in [0.1, 0.15) is 11.6 Å². The molecule has 0 radical (unpaired) electrons. The van der Waals surface area contributed by atoms with Crippen LogP contribution in [0.2, 0.25) is 0 Å². The molecule has 0 saturated carbocycles. The lowest BCUT2D eigenvalue weighted by molar-refractivity contribution is 0.340. The van der Waals surface area contributed by atoms with Crippen LogP contribution in [-0.4, -0.2) is 6.61 Å². The summed E-state index contributed by atoms with van der Waals surface area (Å²) in [6.07, 6.45) is 0. The molecule has 0 heterocycles. The minimum atomic E-state index is -0.253. The molecule has 1 atom stereocenters. The van der Waals surface area contributed by atoms with Crippen LogP contribution in [0.5, 0.6) is 5.75 Å². The molecule has 19 heavy (non-hydrogen) atoms. The summed E-state index contributed by atoms with van der Waals surface area (Å²) >= 11 is 0. The second kappa shape index (κ2) is 5.85. The van der Waals surface area contributed by atoms with Crippen LogP contribution in [0.1, 0.15) is 25.5 Å². The Morgan fingerprint density at radius 2 is 1.84 bits per heavy atom. The molecule has 2 nitrogen and oxygen atoms in total. The van der Waals surface area contributed by atoms with E-state index < -0.39 is 0 Å². The van der Waals surface area contributed by atoms with Gasteiger partial charge in [-0.25, -0.2) is 4.39 Å². The number of hydrogen-bond acceptors (Lipinski definition) is 2. The molecular formula is C16H18FNO. The molecule has 2 aromatic rings. The third-order valence-electron chi connectivity index (χ3n) is 3.00. The fourth-order valence-electron chi connectivity index (χ4n) is 1.95. The minimum Gasteiger partial charge on any atom is -0.494 e. The molecule has 2 N–H and O–H groups in total. The highest BCUT2D eigenvalue weighted by molar-refractivity contribution is 5.66.